The van der Waals surface area contributed by atoms with Gasteiger partial charge in [0, 0.05) is 31.6 Å². The molecule has 0 spiro atoms. The summed E-state index contributed by atoms with van der Waals surface area (Å²) in [6.07, 6.45) is 3.42. The smallest absolute Gasteiger partial charge is 0.354 e. The normalized spacial score (nSPS) is 11.1. The van der Waals surface area contributed by atoms with Gasteiger partial charge >= 0.3 is 5.97 Å². The van der Waals surface area contributed by atoms with Gasteiger partial charge in [-0.15, -0.1) is 0 Å². The van der Waals surface area contributed by atoms with E-state index in [-0.39, 0.29) is 5.69 Å². The van der Waals surface area contributed by atoms with Crippen molar-refractivity contribution >= 4 is 27.5 Å². The van der Waals surface area contributed by atoms with E-state index in [0.29, 0.717) is 21.8 Å². The summed E-state index contributed by atoms with van der Waals surface area (Å²) < 4.78 is 3.92. The molecule has 3 rings (SSSR count). The molecule has 96 valence electrons. The van der Waals surface area contributed by atoms with E-state index in [4.69, 9.17) is 5.11 Å². The molecule has 3 aromatic rings. The Morgan fingerprint density at radius 2 is 2.21 bits per heavy atom. The summed E-state index contributed by atoms with van der Waals surface area (Å²) in [4.78, 5) is 19.4. The first-order valence-corrected chi connectivity index (χ1v) is 6.13. The number of carboxylic acid groups (broad SMARTS) is 1. The average Bonchev–Trinajstić information content (AvgIpc) is 2.92. The number of halogens is 1. The Morgan fingerprint density at radius 1 is 1.42 bits per heavy atom. The Kier molecular flexibility index (Phi) is 2.59. The van der Waals surface area contributed by atoms with Crippen LogP contribution in [0.25, 0.3) is 17.2 Å². The highest BCUT2D eigenvalue weighted by Gasteiger charge is 2.16. The van der Waals surface area contributed by atoms with Crippen LogP contribution in [0.1, 0.15) is 10.5 Å². The van der Waals surface area contributed by atoms with Crippen LogP contribution in [0.4, 0.5) is 0 Å². The van der Waals surface area contributed by atoms with Crippen LogP contribution in [-0.2, 0) is 7.05 Å². The second kappa shape index (κ2) is 4.16. The molecular weight excluding hydrogens is 314 g/mol. The predicted molar refractivity (Wildman–Crippen MR) is 69.8 cm³/mol. The van der Waals surface area contributed by atoms with Crippen LogP contribution in [-0.4, -0.2) is 35.2 Å². The lowest BCUT2D eigenvalue weighted by molar-refractivity contribution is 0.0690. The minimum absolute atomic E-state index is 0.0436. The van der Waals surface area contributed by atoms with E-state index in [2.05, 4.69) is 31.0 Å². The van der Waals surface area contributed by atoms with Crippen LogP contribution in [0.2, 0.25) is 0 Å². The quantitative estimate of drug-likeness (QED) is 0.774. The van der Waals surface area contributed by atoms with Gasteiger partial charge in [-0.05, 0) is 15.9 Å². The van der Waals surface area contributed by atoms with Crippen molar-refractivity contribution < 1.29 is 9.90 Å². The molecule has 0 fully saturated rings. The number of carboxylic acids is 1. The third-order valence-electron chi connectivity index (χ3n) is 2.67. The molecule has 0 aliphatic carbocycles. The summed E-state index contributed by atoms with van der Waals surface area (Å²) in [5.74, 6) is -0.471. The second-order valence-electron chi connectivity index (χ2n) is 3.93. The summed E-state index contributed by atoms with van der Waals surface area (Å²) in [5.41, 5.74) is 0.975. The van der Waals surface area contributed by atoms with Crippen LogP contribution in [0.15, 0.2) is 29.1 Å². The number of nitrogens with zero attached hydrogens (tertiary/aromatic N) is 5. The van der Waals surface area contributed by atoms with Gasteiger partial charge in [0.2, 0.25) is 0 Å². The first kappa shape index (κ1) is 11.8. The SMILES string of the molecule is Cn1ccnc1-c1cc(C(=O)O)nc2cc(Br)nn12. The molecule has 0 amide bonds. The molecule has 19 heavy (non-hydrogen) atoms. The topological polar surface area (TPSA) is 85.3 Å². The molecule has 0 atom stereocenters. The minimum Gasteiger partial charge on any atom is -0.477 e. The molecule has 7 nitrogen and oxygen atoms in total. The Bertz CT molecular complexity index is 792. The van der Waals surface area contributed by atoms with E-state index in [1.165, 1.54) is 6.07 Å². The highest BCUT2D eigenvalue weighted by atomic mass is 79.9. The van der Waals surface area contributed by atoms with Crippen LogP contribution in [0, 0.1) is 0 Å². The molecule has 0 aliphatic rings. The zero-order valence-electron chi connectivity index (χ0n) is 9.78. The van der Waals surface area contributed by atoms with Crippen molar-refractivity contribution in [3.63, 3.8) is 0 Å². The highest BCUT2D eigenvalue weighted by molar-refractivity contribution is 9.10. The third kappa shape index (κ3) is 1.89. The summed E-state index contributed by atoms with van der Waals surface area (Å²) in [6, 6.07) is 3.11. The molecule has 0 radical (unpaired) electrons. The molecule has 1 N–H and O–H groups in total. The zero-order chi connectivity index (χ0) is 13.6. The lowest BCUT2D eigenvalue weighted by atomic mass is 10.3. The first-order chi connectivity index (χ1) is 9.06. The van der Waals surface area contributed by atoms with Crippen molar-refractivity contribution in [3.8, 4) is 11.5 Å². The highest BCUT2D eigenvalue weighted by Crippen LogP contribution is 2.21. The second-order valence-corrected chi connectivity index (χ2v) is 4.74. The van der Waals surface area contributed by atoms with Gasteiger partial charge in [0.25, 0.3) is 0 Å². The van der Waals surface area contributed by atoms with Crippen LogP contribution >= 0.6 is 15.9 Å². The van der Waals surface area contributed by atoms with E-state index < -0.39 is 5.97 Å². The largest absolute Gasteiger partial charge is 0.477 e. The molecule has 8 heteroatoms. The Hall–Kier alpha value is -2.22. The van der Waals surface area contributed by atoms with Gasteiger partial charge in [0.15, 0.2) is 17.2 Å². The summed E-state index contributed by atoms with van der Waals surface area (Å²) in [7, 11) is 1.83. The van der Waals surface area contributed by atoms with Gasteiger partial charge in [-0.2, -0.15) is 5.10 Å². The van der Waals surface area contributed by atoms with Crippen molar-refractivity contribution in [1.29, 1.82) is 0 Å². The molecule has 3 aromatic heterocycles. The lowest BCUT2D eigenvalue weighted by Gasteiger charge is -2.05. The van der Waals surface area contributed by atoms with E-state index >= 15 is 0 Å². The monoisotopic (exact) mass is 321 g/mol. The Labute approximate surface area is 115 Å². The number of imidazole rings is 1. The summed E-state index contributed by atoms with van der Waals surface area (Å²) in [6.45, 7) is 0. The number of aryl methyl sites for hydroxylation is 1. The average molecular weight is 322 g/mol. The van der Waals surface area contributed by atoms with Crippen molar-refractivity contribution in [2.45, 2.75) is 0 Å². The lowest BCUT2D eigenvalue weighted by Crippen LogP contribution is -2.07. The number of fused-ring (bicyclic) bond motifs is 1. The number of hydrogen-bond acceptors (Lipinski definition) is 4. The van der Waals surface area contributed by atoms with E-state index in [1.807, 2.05) is 7.05 Å². The van der Waals surface area contributed by atoms with Gasteiger partial charge in [0.1, 0.15) is 10.3 Å². The maximum Gasteiger partial charge on any atom is 0.354 e. The number of aromatic nitrogens is 5. The van der Waals surface area contributed by atoms with Crippen molar-refractivity contribution in [3.05, 3.63) is 34.8 Å². The molecule has 0 saturated carbocycles. The van der Waals surface area contributed by atoms with Crippen molar-refractivity contribution in [2.24, 2.45) is 7.05 Å². The zero-order valence-corrected chi connectivity index (χ0v) is 11.4. The fourth-order valence-corrected chi connectivity index (χ4v) is 2.19. The Balaban J connectivity index is 2.38. The fraction of sp³-hybridized carbons (Fsp3) is 0.0909. The summed E-state index contributed by atoms with van der Waals surface area (Å²) >= 11 is 3.26. The fourth-order valence-electron chi connectivity index (χ4n) is 1.83. The minimum atomic E-state index is -1.09. The maximum absolute atomic E-state index is 11.1. The van der Waals surface area contributed by atoms with Crippen LogP contribution < -0.4 is 0 Å². The molecule has 0 bridgehead atoms. The van der Waals surface area contributed by atoms with Crippen LogP contribution in [0.5, 0.6) is 0 Å². The standard InChI is InChI=1S/C11H8BrN5O2/c1-16-3-2-13-10(16)7-4-6(11(18)19)14-9-5-8(12)15-17(7)9/h2-5H,1H3,(H,18,19). The van der Waals surface area contributed by atoms with Crippen LogP contribution in [0.3, 0.4) is 0 Å². The van der Waals surface area contributed by atoms with Gasteiger partial charge in [-0.1, -0.05) is 0 Å². The molecule has 0 saturated heterocycles. The van der Waals surface area contributed by atoms with Gasteiger partial charge in [-0.25, -0.2) is 19.3 Å². The van der Waals surface area contributed by atoms with E-state index in [9.17, 15) is 4.79 Å². The molecular formula is C11H8BrN5O2. The number of carbonyl (C=O) groups is 1. The van der Waals surface area contributed by atoms with Gasteiger partial charge < -0.3 is 9.67 Å². The van der Waals surface area contributed by atoms with E-state index in [1.54, 1.807) is 27.5 Å². The molecule has 0 unspecified atom stereocenters. The number of rotatable bonds is 2. The number of aromatic carboxylic acids is 1. The molecule has 0 aliphatic heterocycles. The maximum atomic E-state index is 11.1. The third-order valence-corrected chi connectivity index (χ3v) is 3.05. The van der Waals surface area contributed by atoms with Gasteiger partial charge in [0.05, 0.1) is 0 Å². The van der Waals surface area contributed by atoms with E-state index in [0.717, 1.165) is 0 Å². The number of hydrogen-bond donors (Lipinski definition) is 1. The summed E-state index contributed by atoms with van der Waals surface area (Å²) in [5, 5.41) is 13.3. The first-order valence-electron chi connectivity index (χ1n) is 5.33. The van der Waals surface area contributed by atoms with Crippen molar-refractivity contribution in [1.82, 2.24) is 24.1 Å². The van der Waals surface area contributed by atoms with Crippen molar-refractivity contribution in [2.75, 3.05) is 0 Å². The molecule has 0 aromatic carbocycles. The van der Waals surface area contributed by atoms with Gasteiger partial charge in [-0.3, -0.25) is 0 Å². The molecule has 3 heterocycles. The predicted octanol–water partition coefficient (Wildman–Crippen LogP) is 1.59. The Morgan fingerprint density at radius 3 is 2.84 bits per heavy atom.